The van der Waals surface area contributed by atoms with Crippen molar-refractivity contribution in [2.75, 3.05) is 20.5 Å². The van der Waals surface area contributed by atoms with E-state index in [9.17, 15) is 8.42 Å². The summed E-state index contributed by atoms with van der Waals surface area (Å²) in [4.78, 5) is 0. The van der Waals surface area contributed by atoms with Gasteiger partial charge in [0.05, 0.1) is 25.5 Å². The molecule has 6 nitrogen and oxygen atoms in total. The third-order valence-electron chi connectivity index (χ3n) is 3.09. The van der Waals surface area contributed by atoms with Gasteiger partial charge in [-0.25, -0.2) is 8.42 Å². The second-order valence-electron chi connectivity index (χ2n) is 4.29. The van der Waals surface area contributed by atoms with Gasteiger partial charge in [-0.3, -0.25) is 11.3 Å². The standard InChI is InChI=1S/C12H20N2O4S/c1-8(19(4,15)16)12(14-13)9-5-6-10(17-2)11(7-9)18-3/h5-8,12,14H,13H2,1-4H3. The van der Waals surface area contributed by atoms with Crippen molar-refractivity contribution < 1.29 is 17.9 Å². The molecule has 0 saturated heterocycles. The maximum Gasteiger partial charge on any atom is 0.161 e. The van der Waals surface area contributed by atoms with Crippen molar-refractivity contribution in [3.8, 4) is 11.5 Å². The summed E-state index contributed by atoms with van der Waals surface area (Å²) in [5.41, 5.74) is 3.26. The van der Waals surface area contributed by atoms with Crippen molar-refractivity contribution in [3.05, 3.63) is 23.8 Å². The molecule has 7 heteroatoms. The van der Waals surface area contributed by atoms with Crippen LogP contribution in [-0.4, -0.2) is 34.1 Å². The molecule has 0 heterocycles. The summed E-state index contributed by atoms with van der Waals surface area (Å²) in [6.45, 7) is 1.61. The van der Waals surface area contributed by atoms with Gasteiger partial charge in [-0.15, -0.1) is 0 Å². The molecule has 1 aromatic rings. The molecular formula is C12H20N2O4S. The van der Waals surface area contributed by atoms with Crippen LogP contribution in [-0.2, 0) is 9.84 Å². The van der Waals surface area contributed by atoms with Crippen LogP contribution in [0.5, 0.6) is 11.5 Å². The quantitative estimate of drug-likeness (QED) is 0.590. The number of ether oxygens (including phenoxy) is 2. The van der Waals surface area contributed by atoms with Crippen molar-refractivity contribution in [3.63, 3.8) is 0 Å². The van der Waals surface area contributed by atoms with Crippen LogP contribution in [0.15, 0.2) is 18.2 Å². The molecule has 0 spiro atoms. The Bertz CT molecular complexity index is 531. The molecule has 1 rings (SSSR count). The first-order valence-corrected chi connectivity index (χ1v) is 7.67. The van der Waals surface area contributed by atoms with Gasteiger partial charge in [0.2, 0.25) is 0 Å². The number of benzene rings is 1. The van der Waals surface area contributed by atoms with Crippen molar-refractivity contribution in [2.24, 2.45) is 5.84 Å². The fraction of sp³-hybridized carbons (Fsp3) is 0.500. The average molecular weight is 288 g/mol. The number of hydrogen-bond acceptors (Lipinski definition) is 6. The summed E-state index contributed by atoms with van der Waals surface area (Å²) >= 11 is 0. The first-order chi connectivity index (χ1) is 8.85. The molecule has 19 heavy (non-hydrogen) atoms. The molecule has 0 bridgehead atoms. The van der Waals surface area contributed by atoms with Crippen LogP contribution < -0.4 is 20.7 Å². The second kappa shape index (κ2) is 6.23. The molecule has 3 N–H and O–H groups in total. The molecule has 0 aliphatic heterocycles. The van der Waals surface area contributed by atoms with Crippen molar-refractivity contribution in [1.29, 1.82) is 0 Å². The van der Waals surface area contributed by atoms with Gasteiger partial charge >= 0.3 is 0 Å². The first kappa shape index (κ1) is 15.7. The molecule has 0 aliphatic rings. The van der Waals surface area contributed by atoms with Gasteiger partial charge in [-0.2, -0.15) is 0 Å². The van der Waals surface area contributed by atoms with Crippen LogP contribution in [0.1, 0.15) is 18.5 Å². The van der Waals surface area contributed by atoms with Gasteiger partial charge < -0.3 is 9.47 Å². The minimum Gasteiger partial charge on any atom is -0.493 e. The average Bonchev–Trinajstić information content (AvgIpc) is 2.38. The van der Waals surface area contributed by atoms with E-state index in [0.717, 1.165) is 5.56 Å². The highest BCUT2D eigenvalue weighted by molar-refractivity contribution is 7.91. The fourth-order valence-corrected chi connectivity index (χ4v) is 2.53. The summed E-state index contributed by atoms with van der Waals surface area (Å²) in [5, 5.41) is -0.657. The van der Waals surface area contributed by atoms with Crippen molar-refractivity contribution in [1.82, 2.24) is 5.43 Å². The summed E-state index contributed by atoms with van der Waals surface area (Å²) < 4.78 is 33.6. The predicted molar refractivity (Wildman–Crippen MR) is 73.9 cm³/mol. The van der Waals surface area contributed by atoms with Gasteiger partial charge in [0.1, 0.15) is 0 Å². The van der Waals surface area contributed by atoms with E-state index in [1.165, 1.54) is 20.5 Å². The lowest BCUT2D eigenvalue weighted by molar-refractivity contribution is 0.353. The largest absolute Gasteiger partial charge is 0.493 e. The van der Waals surface area contributed by atoms with E-state index in [1.54, 1.807) is 25.1 Å². The monoisotopic (exact) mass is 288 g/mol. The Morgan fingerprint density at radius 3 is 2.21 bits per heavy atom. The lowest BCUT2D eigenvalue weighted by Crippen LogP contribution is -2.38. The molecular weight excluding hydrogens is 268 g/mol. The molecule has 108 valence electrons. The molecule has 2 unspecified atom stereocenters. The van der Waals surface area contributed by atoms with Crippen LogP contribution in [0.2, 0.25) is 0 Å². The summed E-state index contributed by atoms with van der Waals surface area (Å²) in [5.74, 6) is 6.58. The lowest BCUT2D eigenvalue weighted by atomic mass is 10.0. The zero-order valence-electron chi connectivity index (χ0n) is 11.5. The molecule has 0 aliphatic carbocycles. The molecule has 2 atom stereocenters. The number of methoxy groups -OCH3 is 2. The fourth-order valence-electron chi connectivity index (χ4n) is 1.80. The van der Waals surface area contributed by atoms with E-state index in [4.69, 9.17) is 15.3 Å². The number of nitrogens with one attached hydrogen (secondary N) is 1. The topological polar surface area (TPSA) is 90.6 Å². The maximum absolute atomic E-state index is 11.6. The Hall–Kier alpha value is -1.31. The van der Waals surface area contributed by atoms with Crippen LogP contribution in [0.4, 0.5) is 0 Å². The van der Waals surface area contributed by atoms with E-state index >= 15 is 0 Å². The molecule has 0 aromatic heterocycles. The van der Waals surface area contributed by atoms with Crippen LogP contribution >= 0.6 is 0 Å². The highest BCUT2D eigenvalue weighted by Crippen LogP contribution is 2.31. The van der Waals surface area contributed by atoms with Gasteiger partial charge in [0.15, 0.2) is 21.3 Å². The number of rotatable bonds is 6. The molecule has 0 amide bonds. The van der Waals surface area contributed by atoms with E-state index in [-0.39, 0.29) is 0 Å². The number of hydrogen-bond donors (Lipinski definition) is 2. The van der Waals surface area contributed by atoms with E-state index in [0.29, 0.717) is 11.5 Å². The summed E-state index contributed by atoms with van der Waals surface area (Å²) in [6, 6.07) is 4.67. The Labute approximate surface area is 113 Å². The van der Waals surface area contributed by atoms with Gasteiger partial charge in [0, 0.05) is 6.26 Å². The minimum absolute atomic E-state index is 0.519. The van der Waals surface area contributed by atoms with Crippen LogP contribution in [0.25, 0.3) is 0 Å². The van der Waals surface area contributed by atoms with Crippen LogP contribution in [0.3, 0.4) is 0 Å². The lowest BCUT2D eigenvalue weighted by Gasteiger charge is -2.23. The third kappa shape index (κ3) is 3.59. The van der Waals surface area contributed by atoms with E-state index in [2.05, 4.69) is 5.43 Å². The maximum atomic E-state index is 11.6. The predicted octanol–water partition coefficient (Wildman–Crippen LogP) is 0.641. The number of hydrazine groups is 1. The molecule has 0 saturated carbocycles. The van der Waals surface area contributed by atoms with E-state index < -0.39 is 21.1 Å². The van der Waals surface area contributed by atoms with Crippen molar-refractivity contribution in [2.45, 2.75) is 18.2 Å². The SMILES string of the molecule is COc1ccc(C(NN)C(C)S(C)(=O)=O)cc1OC. The molecule has 0 fully saturated rings. The minimum atomic E-state index is -3.21. The summed E-state index contributed by atoms with van der Waals surface area (Å²) in [6.07, 6.45) is 1.18. The zero-order chi connectivity index (χ0) is 14.6. The van der Waals surface area contributed by atoms with E-state index in [1.807, 2.05) is 0 Å². The molecule has 1 aromatic carbocycles. The Morgan fingerprint density at radius 2 is 1.79 bits per heavy atom. The zero-order valence-corrected chi connectivity index (χ0v) is 12.3. The number of sulfone groups is 1. The van der Waals surface area contributed by atoms with Gasteiger partial charge in [-0.05, 0) is 24.6 Å². The van der Waals surface area contributed by atoms with Crippen molar-refractivity contribution >= 4 is 9.84 Å². The molecule has 0 radical (unpaired) electrons. The Balaban J connectivity index is 3.19. The first-order valence-electron chi connectivity index (χ1n) is 5.72. The summed E-state index contributed by atoms with van der Waals surface area (Å²) in [7, 11) is -0.155. The third-order valence-corrected chi connectivity index (χ3v) is 4.71. The van der Waals surface area contributed by atoms with Crippen LogP contribution in [0, 0.1) is 0 Å². The Morgan fingerprint density at radius 1 is 1.21 bits per heavy atom. The van der Waals surface area contributed by atoms with Gasteiger partial charge in [0.25, 0.3) is 0 Å². The highest BCUT2D eigenvalue weighted by Gasteiger charge is 2.27. The highest BCUT2D eigenvalue weighted by atomic mass is 32.2. The van der Waals surface area contributed by atoms with Gasteiger partial charge in [-0.1, -0.05) is 6.07 Å². The number of nitrogens with two attached hydrogens (primary N) is 1. The Kier molecular flexibility index (Phi) is 5.16. The smallest absolute Gasteiger partial charge is 0.161 e. The second-order valence-corrected chi connectivity index (χ2v) is 6.70. The normalized spacial score (nSPS) is 14.8.